The molecule has 2 fully saturated rings. The van der Waals surface area contributed by atoms with Crippen LogP contribution in [0.25, 0.3) is 0 Å². The Morgan fingerprint density at radius 1 is 1.26 bits per heavy atom. The molecule has 0 radical (unpaired) electrons. The predicted octanol–water partition coefficient (Wildman–Crippen LogP) is 0.973. The van der Waals surface area contributed by atoms with Gasteiger partial charge in [0.15, 0.2) is 0 Å². The average molecular weight is 315 g/mol. The largest absolute Gasteiger partial charge is 0.348 e. The third kappa shape index (κ3) is 3.39. The molecule has 5 nitrogen and oxygen atoms in total. The zero-order valence-electron chi connectivity index (χ0n) is 14.2. The monoisotopic (exact) mass is 315 g/mol. The van der Waals surface area contributed by atoms with Gasteiger partial charge < -0.3 is 9.80 Å². The molecule has 2 atom stereocenters. The van der Waals surface area contributed by atoms with E-state index in [2.05, 4.69) is 30.0 Å². The Labute approximate surface area is 137 Å². The van der Waals surface area contributed by atoms with E-state index in [1.54, 1.807) is 19.0 Å². The van der Waals surface area contributed by atoms with E-state index in [-0.39, 0.29) is 17.7 Å². The second kappa shape index (κ2) is 6.32. The SMILES string of the molecule is Cc1cccc(CN2C[C@H]3CN(CC(=O)N(C)C)C[C@H]3C2=O)c1. The molecule has 0 spiro atoms. The maximum Gasteiger partial charge on any atom is 0.236 e. The van der Waals surface area contributed by atoms with Gasteiger partial charge in [-0.25, -0.2) is 0 Å². The van der Waals surface area contributed by atoms with Crippen LogP contribution in [0.3, 0.4) is 0 Å². The lowest BCUT2D eigenvalue weighted by atomic mass is 10.0. The number of nitrogens with zero attached hydrogens (tertiary/aromatic N) is 3. The van der Waals surface area contributed by atoms with Crippen LogP contribution in [0.4, 0.5) is 0 Å². The topological polar surface area (TPSA) is 43.9 Å². The normalized spacial score (nSPS) is 24.1. The van der Waals surface area contributed by atoms with Crippen LogP contribution in [-0.2, 0) is 16.1 Å². The van der Waals surface area contributed by atoms with E-state index in [0.717, 1.165) is 13.1 Å². The van der Waals surface area contributed by atoms with E-state index in [0.29, 0.717) is 25.6 Å². The maximum absolute atomic E-state index is 12.6. The van der Waals surface area contributed by atoms with Gasteiger partial charge in [0.05, 0.1) is 12.5 Å². The van der Waals surface area contributed by atoms with Crippen molar-refractivity contribution < 1.29 is 9.59 Å². The molecule has 1 aromatic rings. The van der Waals surface area contributed by atoms with E-state index < -0.39 is 0 Å². The second-order valence-electron chi connectivity index (χ2n) is 7.06. The Morgan fingerprint density at radius 2 is 2.04 bits per heavy atom. The number of amides is 2. The molecule has 0 aliphatic carbocycles. The first-order valence-electron chi connectivity index (χ1n) is 8.21. The number of hydrogen-bond donors (Lipinski definition) is 0. The van der Waals surface area contributed by atoms with Crippen LogP contribution in [0, 0.1) is 18.8 Å². The molecule has 2 aliphatic rings. The minimum absolute atomic E-state index is 0.0646. The molecule has 124 valence electrons. The standard InChI is InChI=1S/C18H25N3O2/c1-13-5-4-6-14(7-13)8-21-10-15-9-20(11-16(15)18(21)23)12-17(22)19(2)3/h4-7,15-16H,8-12H2,1-3H3/t15-,16-/m1/s1. The second-order valence-corrected chi connectivity index (χ2v) is 7.06. The van der Waals surface area contributed by atoms with Gasteiger partial charge in [-0.15, -0.1) is 0 Å². The van der Waals surface area contributed by atoms with Crippen molar-refractivity contribution in [2.75, 3.05) is 40.3 Å². The third-order valence-electron chi connectivity index (χ3n) is 4.91. The molecule has 0 unspecified atom stereocenters. The average Bonchev–Trinajstić information content (AvgIpc) is 2.99. The Hall–Kier alpha value is -1.88. The van der Waals surface area contributed by atoms with Crippen LogP contribution in [0.1, 0.15) is 11.1 Å². The fraction of sp³-hybridized carbons (Fsp3) is 0.556. The zero-order valence-corrected chi connectivity index (χ0v) is 14.2. The first-order chi connectivity index (χ1) is 10.9. The number of likely N-dealkylation sites (tertiary alicyclic amines) is 2. The van der Waals surface area contributed by atoms with Crippen LogP contribution < -0.4 is 0 Å². The van der Waals surface area contributed by atoms with Gasteiger partial charge in [-0.1, -0.05) is 29.8 Å². The van der Waals surface area contributed by atoms with Crippen LogP contribution in [0.2, 0.25) is 0 Å². The summed E-state index contributed by atoms with van der Waals surface area (Å²) in [5.74, 6) is 0.780. The smallest absolute Gasteiger partial charge is 0.236 e. The molecule has 23 heavy (non-hydrogen) atoms. The van der Waals surface area contributed by atoms with Crippen molar-refractivity contribution in [2.24, 2.45) is 11.8 Å². The van der Waals surface area contributed by atoms with Gasteiger partial charge in [0.1, 0.15) is 0 Å². The lowest BCUT2D eigenvalue weighted by molar-refractivity contribution is -0.133. The summed E-state index contributed by atoms with van der Waals surface area (Å²) in [6.07, 6.45) is 0. The molecular formula is C18H25N3O2. The molecule has 3 rings (SSSR count). The molecular weight excluding hydrogens is 290 g/mol. The molecule has 0 aromatic heterocycles. The van der Waals surface area contributed by atoms with Crippen LogP contribution in [-0.4, -0.2) is 66.8 Å². The van der Waals surface area contributed by atoms with Crippen LogP contribution in [0.15, 0.2) is 24.3 Å². The predicted molar refractivity (Wildman–Crippen MR) is 88.7 cm³/mol. The zero-order chi connectivity index (χ0) is 16.6. The highest BCUT2D eigenvalue weighted by Gasteiger charge is 2.46. The minimum Gasteiger partial charge on any atom is -0.348 e. The highest BCUT2D eigenvalue weighted by Crippen LogP contribution is 2.33. The highest BCUT2D eigenvalue weighted by atomic mass is 16.2. The molecule has 2 heterocycles. The molecule has 0 saturated carbocycles. The molecule has 2 amide bonds. The fourth-order valence-corrected chi connectivity index (χ4v) is 3.67. The van der Waals surface area contributed by atoms with Gasteiger partial charge in [-0.2, -0.15) is 0 Å². The van der Waals surface area contributed by atoms with E-state index in [1.807, 2.05) is 11.0 Å². The van der Waals surface area contributed by atoms with E-state index in [9.17, 15) is 9.59 Å². The van der Waals surface area contributed by atoms with Crippen molar-refractivity contribution in [3.8, 4) is 0 Å². The van der Waals surface area contributed by atoms with E-state index >= 15 is 0 Å². The van der Waals surface area contributed by atoms with Gasteiger partial charge in [-0.05, 0) is 12.5 Å². The third-order valence-corrected chi connectivity index (χ3v) is 4.91. The van der Waals surface area contributed by atoms with Crippen molar-refractivity contribution in [1.29, 1.82) is 0 Å². The molecule has 0 N–H and O–H groups in total. The summed E-state index contributed by atoms with van der Waals surface area (Å²) in [6.45, 7) is 5.57. The number of rotatable bonds is 4. The number of likely N-dealkylation sites (N-methyl/N-ethyl adjacent to an activating group) is 1. The number of carbonyl (C=O) groups excluding carboxylic acids is 2. The van der Waals surface area contributed by atoms with Gasteiger partial charge in [0.2, 0.25) is 11.8 Å². The summed E-state index contributed by atoms with van der Waals surface area (Å²) >= 11 is 0. The minimum atomic E-state index is 0.0646. The Balaban J connectivity index is 1.58. The summed E-state index contributed by atoms with van der Waals surface area (Å²) in [5.41, 5.74) is 2.42. The maximum atomic E-state index is 12.6. The van der Waals surface area contributed by atoms with Crippen molar-refractivity contribution in [3.05, 3.63) is 35.4 Å². The van der Waals surface area contributed by atoms with Gasteiger partial charge in [-0.3, -0.25) is 14.5 Å². The number of benzene rings is 1. The number of fused-ring (bicyclic) bond motifs is 1. The number of hydrogen-bond acceptors (Lipinski definition) is 3. The lowest BCUT2D eigenvalue weighted by Gasteiger charge is -2.22. The van der Waals surface area contributed by atoms with Crippen molar-refractivity contribution in [2.45, 2.75) is 13.5 Å². The number of carbonyl (C=O) groups is 2. The van der Waals surface area contributed by atoms with E-state index in [1.165, 1.54) is 11.1 Å². The Kier molecular flexibility index (Phi) is 4.39. The number of aryl methyl sites for hydroxylation is 1. The molecule has 2 saturated heterocycles. The quantitative estimate of drug-likeness (QED) is 0.832. The summed E-state index contributed by atoms with van der Waals surface area (Å²) < 4.78 is 0. The van der Waals surface area contributed by atoms with Gasteiger partial charge >= 0.3 is 0 Å². The first-order valence-corrected chi connectivity index (χ1v) is 8.21. The summed E-state index contributed by atoms with van der Waals surface area (Å²) in [5, 5.41) is 0. The molecule has 0 bridgehead atoms. The van der Waals surface area contributed by atoms with Gasteiger partial charge in [0, 0.05) is 46.2 Å². The lowest BCUT2D eigenvalue weighted by Crippen LogP contribution is -2.38. The van der Waals surface area contributed by atoms with Crippen LogP contribution >= 0.6 is 0 Å². The van der Waals surface area contributed by atoms with Gasteiger partial charge in [0.25, 0.3) is 0 Å². The van der Waals surface area contributed by atoms with Crippen molar-refractivity contribution in [1.82, 2.24) is 14.7 Å². The fourth-order valence-electron chi connectivity index (χ4n) is 3.67. The Morgan fingerprint density at radius 3 is 2.70 bits per heavy atom. The molecule has 5 heteroatoms. The summed E-state index contributed by atoms with van der Waals surface area (Å²) in [4.78, 5) is 30.2. The highest BCUT2D eigenvalue weighted by molar-refractivity contribution is 5.82. The Bertz CT molecular complexity index is 614. The van der Waals surface area contributed by atoms with Crippen LogP contribution in [0.5, 0.6) is 0 Å². The molecule has 2 aliphatic heterocycles. The van der Waals surface area contributed by atoms with Crippen molar-refractivity contribution >= 4 is 11.8 Å². The van der Waals surface area contributed by atoms with Crippen molar-refractivity contribution in [3.63, 3.8) is 0 Å². The summed E-state index contributed by atoms with van der Waals surface area (Å²) in [6, 6.07) is 8.34. The molecule has 1 aromatic carbocycles. The summed E-state index contributed by atoms with van der Waals surface area (Å²) in [7, 11) is 3.54. The van der Waals surface area contributed by atoms with E-state index in [4.69, 9.17) is 0 Å². The first kappa shape index (κ1) is 16.0.